The molecule has 2 unspecified atom stereocenters. The Hall–Kier alpha value is -1.46. The molecule has 0 spiro atoms. The molecule has 0 bridgehead atoms. The van der Waals surface area contributed by atoms with Gasteiger partial charge in [-0.05, 0) is 37.0 Å². The van der Waals surface area contributed by atoms with Crippen LogP contribution in [-0.2, 0) is 16.0 Å². The molecule has 0 amide bonds. The molecule has 0 saturated heterocycles. The van der Waals surface area contributed by atoms with Crippen LogP contribution in [0.2, 0.25) is 0 Å². The van der Waals surface area contributed by atoms with Crippen LogP contribution in [-0.4, -0.2) is 32.3 Å². The van der Waals surface area contributed by atoms with Crippen molar-refractivity contribution >= 4 is 5.97 Å². The smallest absolute Gasteiger partial charge is 0.340 e. The third kappa shape index (κ3) is 3.35. The standard InChI is InChI=1S/C15H20FNO3/c1-19-14-5-3-4-13(14)17-9-10-6-7-11(12(16)8-10)15(18)20-2/h6-8,13-14,17H,3-5,9H2,1-2H3. The summed E-state index contributed by atoms with van der Waals surface area (Å²) in [7, 11) is 2.96. The van der Waals surface area contributed by atoms with Crippen LogP contribution in [0.5, 0.6) is 0 Å². The number of ether oxygens (including phenoxy) is 2. The number of halogens is 1. The maximum absolute atomic E-state index is 13.8. The Balaban J connectivity index is 1.97. The minimum Gasteiger partial charge on any atom is -0.465 e. The van der Waals surface area contributed by atoms with Crippen molar-refractivity contribution in [1.82, 2.24) is 5.32 Å². The second-order valence-electron chi connectivity index (χ2n) is 5.00. The number of esters is 1. The zero-order chi connectivity index (χ0) is 14.5. The third-order valence-corrected chi connectivity index (χ3v) is 3.76. The molecule has 0 aromatic heterocycles. The van der Waals surface area contributed by atoms with Crippen molar-refractivity contribution in [3.8, 4) is 0 Å². The lowest BCUT2D eigenvalue weighted by molar-refractivity contribution is 0.0595. The van der Waals surface area contributed by atoms with E-state index in [4.69, 9.17) is 4.74 Å². The molecule has 1 aliphatic rings. The van der Waals surface area contributed by atoms with Crippen molar-refractivity contribution in [1.29, 1.82) is 0 Å². The van der Waals surface area contributed by atoms with Crippen molar-refractivity contribution in [2.75, 3.05) is 14.2 Å². The molecule has 1 aliphatic carbocycles. The van der Waals surface area contributed by atoms with Crippen LogP contribution >= 0.6 is 0 Å². The number of hydrogen-bond acceptors (Lipinski definition) is 4. The van der Waals surface area contributed by atoms with Crippen molar-refractivity contribution < 1.29 is 18.7 Å². The van der Waals surface area contributed by atoms with Gasteiger partial charge < -0.3 is 14.8 Å². The highest BCUT2D eigenvalue weighted by Gasteiger charge is 2.26. The van der Waals surface area contributed by atoms with E-state index in [2.05, 4.69) is 10.1 Å². The van der Waals surface area contributed by atoms with Crippen molar-refractivity contribution in [3.63, 3.8) is 0 Å². The second kappa shape index (κ2) is 6.81. The van der Waals surface area contributed by atoms with Crippen molar-refractivity contribution in [3.05, 3.63) is 35.1 Å². The second-order valence-corrected chi connectivity index (χ2v) is 5.00. The third-order valence-electron chi connectivity index (χ3n) is 3.76. The lowest BCUT2D eigenvalue weighted by atomic mass is 10.1. The fraction of sp³-hybridized carbons (Fsp3) is 0.533. The van der Waals surface area contributed by atoms with Crippen LogP contribution in [0.1, 0.15) is 35.2 Å². The van der Waals surface area contributed by atoms with Gasteiger partial charge in [-0.2, -0.15) is 0 Å². The molecule has 1 aromatic carbocycles. The molecule has 2 atom stereocenters. The summed E-state index contributed by atoms with van der Waals surface area (Å²) in [5.41, 5.74) is 0.767. The first kappa shape index (κ1) is 14.9. The SMILES string of the molecule is COC(=O)c1ccc(CNC2CCCC2OC)cc1F. The molecule has 110 valence electrons. The van der Waals surface area contributed by atoms with Gasteiger partial charge >= 0.3 is 5.97 Å². The molecule has 1 aromatic rings. The van der Waals surface area contributed by atoms with Crippen LogP contribution in [0.25, 0.3) is 0 Å². The number of carbonyl (C=O) groups is 1. The minimum absolute atomic E-state index is 0.0353. The fourth-order valence-corrected chi connectivity index (χ4v) is 2.63. The first-order valence-corrected chi connectivity index (χ1v) is 6.78. The van der Waals surface area contributed by atoms with Gasteiger partial charge in [0.1, 0.15) is 5.82 Å². The van der Waals surface area contributed by atoms with Gasteiger partial charge in [0.05, 0.1) is 18.8 Å². The minimum atomic E-state index is -0.655. The predicted octanol–water partition coefficient (Wildman–Crippen LogP) is 2.27. The van der Waals surface area contributed by atoms with Gasteiger partial charge in [-0.25, -0.2) is 9.18 Å². The Bertz CT molecular complexity index is 478. The number of hydrogen-bond donors (Lipinski definition) is 1. The summed E-state index contributed by atoms with van der Waals surface area (Å²) in [6, 6.07) is 4.87. The molecule has 4 nitrogen and oxygen atoms in total. The molecule has 20 heavy (non-hydrogen) atoms. The van der Waals surface area contributed by atoms with Gasteiger partial charge in [-0.1, -0.05) is 6.07 Å². The molecule has 1 saturated carbocycles. The van der Waals surface area contributed by atoms with Crippen LogP contribution in [0, 0.1) is 5.82 Å². The monoisotopic (exact) mass is 281 g/mol. The highest BCUT2D eigenvalue weighted by Crippen LogP contribution is 2.22. The van der Waals surface area contributed by atoms with Gasteiger partial charge in [0.25, 0.3) is 0 Å². The molecule has 5 heteroatoms. The first-order chi connectivity index (χ1) is 9.65. The highest BCUT2D eigenvalue weighted by molar-refractivity contribution is 5.89. The Morgan fingerprint density at radius 2 is 2.20 bits per heavy atom. The lowest BCUT2D eigenvalue weighted by Crippen LogP contribution is -2.36. The van der Waals surface area contributed by atoms with Crippen molar-refractivity contribution in [2.45, 2.75) is 38.0 Å². The van der Waals surface area contributed by atoms with Crippen LogP contribution in [0.15, 0.2) is 18.2 Å². The van der Waals surface area contributed by atoms with E-state index in [1.54, 1.807) is 13.2 Å². The van der Waals surface area contributed by atoms with Gasteiger partial charge in [-0.3, -0.25) is 0 Å². The molecule has 0 radical (unpaired) electrons. The van der Waals surface area contributed by atoms with Crippen LogP contribution in [0.4, 0.5) is 4.39 Å². The largest absolute Gasteiger partial charge is 0.465 e. The quantitative estimate of drug-likeness (QED) is 0.841. The van der Waals surface area contributed by atoms with E-state index in [9.17, 15) is 9.18 Å². The maximum atomic E-state index is 13.8. The normalized spacial score (nSPS) is 21.9. The lowest BCUT2D eigenvalue weighted by Gasteiger charge is -2.19. The van der Waals surface area contributed by atoms with Gasteiger partial charge in [0, 0.05) is 19.7 Å². The van der Waals surface area contributed by atoms with E-state index in [-0.39, 0.29) is 11.7 Å². The van der Waals surface area contributed by atoms with Gasteiger partial charge in [0.2, 0.25) is 0 Å². The Morgan fingerprint density at radius 3 is 2.85 bits per heavy atom. The van der Waals surface area contributed by atoms with Crippen molar-refractivity contribution in [2.24, 2.45) is 0 Å². The van der Waals surface area contributed by atoms with E-state index in [0.29, 0.717) is 12.6 Å². The van der Waals surface area contributed by atoms with E-state index >= 15 is 0 Å². The summed E-state index contributed by atoms with van der Waals surface area (Å²) in [6.45, 7) is 0.558. The van der Waals surface area contributed by atoms with E-state index in [0.717, 1.165) is 24.8 Å². The summed E-state index contributed by atoms with van der Waals surface area (Å²) >= 11 is 0. The highest BCUT2D eigenvalue weighted by atomic mass is 19.1. The summed E-state index contributed by atoms with van der Waals surface area (Å²) < 4.78 is 23.7. The summed E-state index contributed by atoms with van der Waals surface area (Å²) in [5, 5.41) is 3.38. The zero-order valence-electron chi connectivity index (χ0n) is 11.8. The maximum Gasteiger partial charge on any atom is 0.340 e. The summed E-state index contributed by atoms with van der Waals surface area (Å²) in [4.78, 5) is 11.3. The Kier molecular flexibility index (Phi) is 5.09. The number of methoxy groups -OCH3 is 2. The Labute approximate surface area is 118 Å². The molecule has 2 rings (SSSR count). The van der Waals surface area contributed by atoms with E-state index in [1.807, 2.05) is 0 Å². The molecule has 0 aliphatic heterocycles. The summed E-state index contributed by atoms with van der Waals surface area (Å²) in [6.07, 6.45) is 3.51. The topological polar surface area (TPSA) is 47.6 Å². The Morgan fingerprint density at radius 1 is 1.40 bits per heavy atom. The average Bonchev–Trinajstić information content (AvgIpc) is 2.92. The molecular formula is C15H20FNO3. The van der Waals surface area contributed by atoms with Crippen LogP contribution in [0.3, 0.4) is 0 Å². The summed E-state index contributed by atoms with van der Waals surface area (Å²) in [5.74, 6) is -1.21. The average molecular weight is 281 g/mol. The molecule has 1 fully saturated rings. The molecule has 1 N–H and O–H groups in total. The molecule has 0 heterocycles. The van der Waals surface area contributed by atoms with E-state index < -0.39 is 11.8 Å². The zero-order valence-corrected chi connectivity index (χ0v) is 11.8. The fourth-order valence-electron chi connectivity index (χ4n) is 2.63. The number of carbonyl (C=O) groups excluding carboxylic acids is 1. The van der Waals surface area contributed by atoms with Gasteiger partial charge in [-0.15, -0.1) is 0 Å². The number of benzene rings is 1. The number of nitrogens with one attached hydrogen (secondary N) is 1. The van der Waals surface area contributed by atoms with Crippen LogP contribution < -0.4 is 5.32 Å². The predicted molar refractivity (Wildman–Crippen MR) is 73.0 cm³/mol. The van der Waals surface area contributed by atoms with E-state index in [1.165, 1.54) is 19.2 Å². The molecular weight excluding hydrogens is 261 g/mol. The van der Waals surface area contributed by atoms with Gasteiger partial charge in [0.15, 0.2) is 0 Å². The number of rotatable bonds is 5. The first-order valence-electron chi connectivity index (χ1n) is 6.78.